The lowest BCUT2D eigenvalue weighted by atomic mass is 10.3. The van der Waals surface area contributed by atoms with Crippen molar-refractivity contribution in [2.75, 3.05) is 26.8 Å². The lowest BCUT2D eigenvalue weighted by Crippen LogP contribution is -2.35. The third-order valence-electron chi connectivity index (χ3n) is 2.66. The third kappa shape index (κ3) is 7.53. The van der Waals surface area contributed by atoms with Gasteiger partial charge in [-0.15, -0.1) is 0 Å². The maximum Gasteiger partial charge on any atom is 0.257 e. The molecule has 0 aliphatic heterocycles. The van der Waals surface area contributed by atoms with Crippen LogP contribution in [-0.4, -0.2) is 50.0 Å². The largest absolute Gasteiger partial charge is 0.491 e. The van der Waals surface area contributed by atoms with E-state index < -0.39 is 6.10 Å². The topological polar surface area (TPSA) is 79.8 Å². The van der Waals surface area contributed by atoms with Crippen molar-refractivity contribution in [2.24, 2.45) is 0 Å². The van der Waals surface area contributed by atoms with E-state index in [0.29, 0.717) is 24.1 Å². The quantitative estimate of drug-likeness (QED) is 0.620. The minimum absolute atomic E-state index is 0.0408. The molecule has 0 aromatic heterocycles. The van der Waals surface area contributed by atoms with E-state index in [-0.39, 0.29) is 19.1 Å². The van der Waals surface area contributed by atoms with Gasteiger partial charge in [-0.2, -0.15) is 0 Å². The second-order valence-corrected chi connectivity index (χ2v) is 4.96. The van der Waals surface area contributed by atoms with Crippen molar-refractivity contribution in [1.29, 1.82) is 0 Å². The summed E-state index contributed by atoms with van der Waals surface area (Å²) in [5.41, 5.74) is 0. The van der Waals surface area contributed by atoms with Crippen LogP contribution in [0.25, 0.3) is 0 Å². The highest BCUT2D eigenvalue weighted by molar-refractivity contribution is 5.77. The fraction of sp³-hybridized carbons (Fsp3) is 0.533. The van der Waals surface area contributed by atoms with Crippen molar-refractivity contribution in [2.45, 2.75) is 26.0 Å². The Morgan fingerprint density at radius 3 is 2.57 bits per heavy atom. The van der Waals surface area contributed by atoms with Crippen LogP contribution < -0.4 is 20.1 Å². The molecule has 0 aliphatic rings. The zero-order valence-electron chi connectivity index (χ0n) is 12.8. The molecule has 6 nitrogen and oxygen atoms in total. The van der Waals surface area contributed by atoms with E-state index in [4.69, 9.17) is 9.47 Å². The zero-order chi connectivity index (χ0) is 15.7. The Kier molecular flexibility index (Phi) is 7.56. The number of aliphatic hydroxyl groups excluding tert-OH is 1. The van der Waals surface area contributed by atoms with Crippen LogP contribution in [0, 0.1) is 0 Å². The van der Waals surface area contributed by atoms with Gasteiger partial charge in [0, 0.05) is 25.7 Å². The number of aliphatic hydroxyl groups is 1. The summed E-state index contributed by atoms with van der Waals surface area (Å²) in [5.74, 6) is 0.940. The number of benzene rings is 1. The van der Waals surface area contributed by atoms with E-state index in [2.05, 4.69) is 10.6 Å². The fourth-order valence-corrected chi connectivity index (χ4v) is 1.50. The lowest BCUT2D eigenvalue weighted by molar-refractivity contribution is -0.122. The van der Waals surface area contributed by atoms with Crippen LogP contribution in [0.1, 0.15) is 13.8 Å². The summed E-state index contributed by atoms with van der Waals surface area (Å²) in [6.07, 6.45) is -0.581. The van der Waals surface area contributed by atoms with Crippen molar-refractivity contribution >= 4 is 5.91 Å². The average Bonchev–Trinajstić information content (AvgIpc) is 2.48. The minimum atomic E-state index is -0.581. The van der Waals surface area contributed by atoms with Gasteiger partial charge < -0.3 is 25.2 Å². The number of likely N-dealkylation sites (N-methyl/N-ethyl adjacent to an activating group) is 1. The number of rotatable bonds is 9. The van der Waals surface area contributed by atoms with Crippen LogP contribution in [-0.2, 0) is 4.79 Å². The molecule has 0 aliphatic carbocycles. The minimum Gasteiger partial charge on any atom is -0.491 e. The molecule has 1 amide bonds. The number of hydrogen-bond donors (Lipinski definition) is 3. The highest BCUT2D eigenvalue weighted by atomic mass is 16.5. The molecule has 1 aromatic rings. The molecule has 1 atom stereocenters. The zero-order valence-corrected chi connectivity index (χ0v) is 12.8. The summed E-state index contributed by atoms with van der Waals surface area (Å²) in [4.78, 5) is 11.1. The molecule has 3 N–H and O–H groups in total. The van der Waals surface area contributed by atoms with Gasteiger partial charge in [0.25, 0.3) is 5.91 Å². The first-order chi connectivity index (χ1) is 10.0. The summed E-state index contributed by atoms with van der Waals surface area (Å²) in [6.45, 7) is 4.66. The molecule has 118 valence electrons. The van der Waals surface area contributed by atoms with Crippen LogP contribution in [0.4, 0.5) is 0 Å². The Morgan fingerprint density at radius 1 is 1.29 bits per heavy atom. The average molecular weight is 296 g/mol. The maximum atomic E-state index is 11.1. The predicted octanol–water partition coefficient (Wildman–Crippen LogP) is 0.549. The molecule has 0 saturated carbocycles. The van der Waals surface area contributed by atoms with Crippen molar-refractivity contribution in [3.05, 3.63) is 24.3 Å². The van der Waals surface area contributed by atoms with E-state index in [1.807, 2.05) is 13.8 Å². The Hall–Kier alpha value is -1.79. The Balaban J connectivity index is 2.40. The van der Waals surface area contributed by atoms with Gasteiger partial charge in [0.15, 0.2) is 6.61 Å². The Labute approximate surface area is 125 Å². The molecule has 0 radical (unpaired) electrons. The Bertz CT molecular complexity index is 437. The molecule has 21 heavy (non-hydrogen) atoms. The van der Waals surface area contributed by atoms with E-state index in [9.17, 15) is 9.90 Å². The lowest BCUT2D eigenvalue weighted by Gasteiger charge is -2.15. The second-order valence-electron chi connectivity index (χ2n) is 4.96. The molecular weight excluding hydrogens is 272 g/mol. The molecular formula is C15H24N2O4. The molecule has 1 aromatic carbocycles. The maximum absolute atomic E-state index is 11.1. The number of nitrogens with one attached hydrogen (secondary N) is 2. The van der Waals surface area contributed by atoms with Gasteiger partial charge in [0.1, 0.15) is 24.2 Å². The fourth-order valence-electron chi connectivity index (χ4n) is 1.50. The first-order valence-corrected chi connectivity index (χ1v) is 6.99. The van der Waals surface area contributed by atoms with Crippen molar-refractivity contribution < 1.29 is 19.4 Å². The van der Waals surface area contributed by atoms with Crippen LogP contribution in [0.2, 0.25) is 0 Å². The van der Waals surface area contributed by atoms with Crippen LogP contribution in [0.5, 0.6) is 11.5 Å². The van der Waals surface area contributed by atoms with Gasteiger partial charge in [-0.05, 0) is 12.1 Å². The highest BCUT2D eigenvalue weighted by Crippen LogP contribution is 2.19. The normalized spacial score (nSPS) is 12.0. The standard InChI is InChI=1S/C15H24N2O4/c1-11(2)17-8-12(18)9-20-13-5-4-6-14(7-13)21-10-15(19)16-3/h4-7,11-12,17-18H,8-10H2,1-3H3,(H,16,19). The number of carbonyl (C=O) groups is 1. The summed E-state index contributed by atoms with van der Waals surface area (Å²) >= 11 is 0. The summed E-state index contributed by atoms with van der Waals surface area (Å²) in [6, 6.07) is 7.29. The van der Waals surface area contributed by atoms with Crippen molar-refractivity contribution in [3.8, 4) is 11.5 Å². The SMILES string of the molecule is CNC(=O)COc1cccc(OCC(O)CNC(C)C)c1. The number of carbonyl (C=O) groups excluding carboxylic acids is 1. The van der Waals surface area contributed by atoms with E-state index in [0.717, 1.165) is 0 Å². The Morgan fingerprint density at radius 2 is 1.95 bits per heavy atom. The van der Waals surface area contributed by atoms with Crippen molar-refractivity contribution in [3.63, 3.8) is 0 Å². The summed E-state index contributed by atoms with van der Waals surface area (Å²) in [5, 5.41) is 15.4. The van der Waals surface area contributed by atoms with Crippen LogP contribution in [0.3, 0.4) is 0 Å². The molecule has 0 fully saturated rings. The summed E-state index contributed by atoms with van der Waals surface area (Å²) in [7, 11) is 1.55. The first-order valence-electron chi connectivity index (χ1n) is 6.99. The summed E-state index contributed by atoms with van der Waals surface area (Å²) < 4.78 is 10.8. The molecule has 1 rings (SSSR count). The van der Waals surface area contributed by atoms with E-state index in [1.165, 1.54) is 0 Å². The highest BCUT2D eigenvalue weighted by Gasteiger charge is 2.07. The van der Waals surface area contributed by atoms with Crippen LogP contribution in [0.15, 0.2) is 24.3 Å². The second kappa shape index (κ2) is 9.20. The number of hydrogen-bond acceptors (Lipinski definition) is 5. The van der Waals surface area contributed by atoms with Gasteiger partial charge in [-0.25, -0.2) is 0 Å². The first kappa shape index (κ1) is 17.3. The smallest absolute Gasteiger partial charge is 0.257 e. The van der Waals surface area contributed by atoms with E-state index in [1.54, 1.807) is 31.3 Å². The monoisotopic (exact) mass is 296 g/mol. The molecule has 1 unspecified atom stereocenters. The molecule has 0 heterocycles. The molecule has 0 saturated heterocycles. The van der Waals surface area contributed by atoms with Gasteiger partial charge in [-0.3, -0.25) is 4.79 Å². The molecule has 0 bridgehead atoms. The molecule has 0 spiro atoms. The number of ether oxygens (including phenoxy) is 2. The predicted molar refractivity (Wildman–Crippen MR) is 80.6 cm³/mol. The molecule has 6 heteroatoms. The van der Waals surface area contributed by atoms with Gasteiger partial charge in [0.05, 0.1) is 0 Å². The van der Waals surface area contributed by atoms with Crippen LogP contribution >= 0.6 is 0 Å². The van der Waals surface area contributed by atoms with Gasteiger partial charge in [-0.1, -0.05) is 19.9 Å². The van der Waals surface area contributed by atoms with Gasteiger partial charge >= 0.3 is 0 Å². The number of amides is 1. The third-order valence-corrected chi connectivity index (χ3v) is 2.66. The van der Waals surface area contributed by atoms with Crippen molar-refractivity contribution in [1.82, 2.24) is 10.6 Å². The van der Waals surface area contributed by atoms with E-state index >= 15 is 0 Å². The van der Waals surface area contributed by atoms with Gasteiger partial charge in [0.2, 0.25) is 0 Å².